The first-order valence-electron chi connectivity index (χ1n) is 7.44. The second-order valence-corrected chi connectivity index (χ2v) is 5.61. The van der Waals surface area contributed by atoms with Crippen molar-refractivity contribution in [2.45, 2.75) is 52.4 Å². The molecule has 106 valence electrons. The molecule has 0 aromatic carbocycles. The first-order valence-corrected chi connectivity index (χ1v) is 7.44. The fourth-order valence-corrected chi connectivity index (χ4v) is 1.86. The number of nitrogens with zero attached hydrogens (tertiary/aromatic N) is 2. The number of rotatable bonds is 8. The molecule has 1 aliphatic carbocycles. The number of aromatic nitrogens is 2. The molecule has 0 unspecified atom stereocenters. The molecule has 4 heteroatoms. The molecule has 1 N–H and O–H groups in total. The van der Waals surface area contributed by atoms with Crippen LogP contribution in [0.5, 0.6) is 5.88 Å². The lowest BCUT2D eigenvalue weighted by Gasteiger charge is -2.12. The van der Waals surface area contributed by atoms with E-state index in [1.807, 2.05) is 6.07 Å². The molecule has 0 aliphatic heterocycles. The van der Waals surface area contributed by atoms with Crippen LogP contribution in [0.25, 0.3) is 0 Å². The van der Waals surface area contributed by atoms with Crippen LogP contribution >= 0.6 is 0 Å². The Bertz CT molecular complexity index is 402. The predicted octanol–water partition coefficient (Wildman–Crippen LogP) is 3.60. The van der Waals surface area contributed by atoms with Gasteiger partial charge in [-0.15, -0.1) is 0 Å². The lowest BCUT2D eigenvalue weighted by Crippen LogP contribution is -2.08. The predicted molar refractivity (Wildman–Crippen MR) is 77.7 cm³/mol. The minimum atomic E-state index is 0.314. The van der Waals surface area contributed by atoms with Crippen molar-refractivity contribution in [3.63, 3.8) is 0 Å². The number of hydrogen-bond donors (Lipinski definition) is 1. The number of anilines is 1. The van der Waals surface area contributed by atoms with E-state index < -0.39 is 0 Å². The molecular formula is C15H25N3O. The fourth-order valence-electron chi connectivity index (χ4n) is 1.86. The van der Waals surface area contributed by atoms with Gasteiger partial charge in [0.25, 0.3) is 0 Å². The Kier molecular flexibility index (Phi) is 5.00. The van der Waals surface area contributed by atoms with Gasteiger partial charge in [-0.2, -0.15) is 4.98 Å². The normalized spacial score (nSPS) is 14.7. The summed E-state index contributed by atoms with van der Waals surface area (Å²) in [5.74, 6) is 3.64. The van der Waals surface area contributed by atoms with Crippen LogP contribution in [0.1, 0.15) is 58.2 Å². The summed E-state index contributed by atoms with van der Waals surface area (Å²) < 4.78 is 5.78. The van der Waals surface area contributed by atoms with Gasteiger partial charge in [0, 0.05) is 18.5 Å². The summed E-state index contributed by atoms with van der Waals surface area (Å²) in [6.45, 7) is 8.05. The van der Waals surface area contributed by atoms with Crippen LogP contribution in [0, 0.1) is 5.92 Å². The van der Waals surface area contributed by atoms with E-state index in [9.17, 15) is 0 Å². The maximum Gasteiger partial charge on any atom is 0.218 e. The van der Waals surface area contributed by atoms with Crippen LogP contribution in [-0.2, 0) is 0 Å². The summed E-state index contributed by atoms with van der Waals surface area (Å²) in [7, 11) is 0. The zero-order chi connectivity index (χ0) is 13.7. The smallest absolute Gasteiger partial charge is 0.218 e. The standard InChI is InChI=1S/C15H25N3O/c1-4-8-16-13-10-14(18-15(17-13)11(2)3)19-9-7-12-5-6-12/h10-12H,4-9H2,1-3H3,(H,16,17,18). The highest BCUT2D eigenvalue weighted by Crippen LogP contribution is 2.32. The van der Waals surface area contributed by atoms with Crippen LogP contribution in [0.4, 0.5) is 5.82 Å². The third-order valence-corrected chi connectivity index (χ3v) is 3.27. The van der Waals surface area contributed by atoms with Gasteiger partial charge in [-0.3, -0.25) is 0 Å². The van der Waals surface area contributed by atoms with Crippen molar-refractivity contribution in [1.29, 1.82) is 0 Å². The van der Waals surface area contributed by atoms with Gasteiger partial charge in [0.05, 0.1) is 6.61 Å². The van der Waals surface area contributed by atoms with Crippen molar-refractivity contribution in [3.8, 4) is 5.88 Å². The summed E-state index contributed by atoms with van der Waals surface area (Å²) in [5.41, 5.74) is 0. The van der Waals surface area contributed by atoms with Crippen molar-refractivity contribution < 1.29 is 4.74 Å². The van der Waals surface area contributed by atoms with E-state index in [0.717, 1.165) is 43.6 Å². The Hall–Kier alpha value is -1.32. The Morgan fingerprint density at radius 3 is 2.79 bits per heavy atom. The molecule has 2 rings (SSSR count). The highest BCUT2D eigenvalue weighted by atomic mass is 16.5. The number of nitrogens with one attached hydrogen (secondary N) is 1. The van der Waals surface area contributed by atoms with E-state index in [4.69, 9.17) is 4.74 Å². The van der Waals surface area contributed by atoms with E-state index in [1.165, 1.54) is 12.8 Å². The van der Waals surface area contributed by atoms with Crippen LogP contribution in [0.15, 0.2) is 6.07 Å². The lowest BCUT2D eigenvalue weighted by atomic mass is 10.2. The Balaban J connectivity index is 1.99. The molecule has 1 aromatic heterocycles. The first kappa shape index (κ1) is 14.1. The van der Waals surface area contributed by atoms with E-state index >= 15 is 0 Å². The molecule has 4 nitrogen and oxygen atoms in total. The van der Waals surface area contributed by atoms with E-state index in [2.05, 4.69) is 36.1 Å². The van der Waals surface area contributed by atoms with Gasteiger partial charge in [-0.05, 0) is 18.8 Å². The summed E-state index contributed by atoms with van der Waals surface area (Å²) >= 11 is 0. The third-order valence-electron chi connectivity index (χ3n) is 3.27. The summed E-state index contributed by atoms with van der Waals surface area (Å²) in [4.78, 5) is 9.01. The zero-order valence-corrected chi connectivity index (χ0v) is 12.3. The molecule has 0 radical (unpaired) electrons. The third kappa shape index (κ3) is 4.69. The average Bonchev–Trinajstić information content (AvgIpc) is 3.20. The second-order valence-electron chi connectivity index (χ2n) is 5.61. The Morgan fingerprint density at radius 2 is 2.16 bits per heavy atom. The molecule has 0 atom stereocenters. The van der Waals surface area contributed by atoms with Crippen molar-refractivity contribution >= 4 is 5.82 Å². The molecular weight excluding hydrogens is 238 g/mol. The van der Waals surface area contributed by atoms with Crippen LogP contribution < -0.4 is 10.1 Å². The van der Waals surface area contributed by atoms with Gasteiger partial charge in [0.1, 0.15) is 11.6 Å². The Labute approximate surface area is 116 Å². The first-order chi connectivity index (χ1) is 9.19. The molecule has 1 aromatic rings. The Morgan fingerprint density at radius 1 is 1.37 bits per heavy atom. The average molecular weight is 263 g/mol. The quantitative estimate of drug-likeness (QED) is 0.778. The van der Waals surface area contributed by atoms with Crippen LogP contribution in [0.2, 0.25) is 0 Å². The summed E-state index contributed by atoms with van der Waals surface area (Å²) in [6.07, 6.45) is 4.97. The number of hydrogen-bond acceptors (Lipinski definition) is 4. The van der Waals surface area contributed by atoms with E-state index in [1.54, 1.807) is 0 Å². The van der Waals surface area contributed by atoms with E-state index in [0.29, 0.717) is 11.8 Å². The second kappa shape index (κ2) is 6.73. The monoisotopic (exact) mass is 263 g/mol. The molecule has 19 heavy (non-hydrogen) atoms. The maximum absolute atomic E-state index is 5.78. The molecule has 1 fully saturated rings. The molecule has 1 aliphatic rings. The van der Waals surface area contributed by atoms with Crippen molar-refractivity contribution in [3.05, 3.63) is 11.9 Å². The van der Waals surface area contributed by atoms with Gasteiger partial charge >= 0.3 is 0 Å². The minimum Gasteiger partial charge on any atom is -0.478 e. The van der Waals surface area contributed by atoms with Gasteiger partial charge < -0.3 is 10.1 Å². The van der Waals surface area contributed by atoms with E-state index in [-0.39, 0.29) is 0 Å². The molecule has 0 amide bonds. The van der Waals surface area contributed by atoms with Gasteiger partial charge in [-0.25, -0.2) is 4.98 Å². The van der Waals surface area contributed by atoms with Crippen LogP contribution in [-0.4, -0.2) is 23.1 Å². The summed E-state index contributed by atoms with van der Waals surface area (Å²) in [5, 5.41) is 3.31. The van der Waals surface area contributed by atoms with Crippen molar-refractivity contribution in [1.82, 2.24) is 9.97 Å². The van der Waals surface area contributed by atoms with Gasteiger partial charge in [0.15, 0.2) is 0 Å². The highest BCUT2D eigenvalue weighted by Gasteiger charge is 2.21. The molecule has 1 saturated carbocycles. The topological polar surface area (TPSA) is 47.0 Å². The summed E-state index contributed by atoms with van der Waals surface area (Å²) in [6, 6.07) is 1.91. The zero-order valence-electron chi connectivity index (χ0n) is 12.3. The SMILES string of the molecule is CCCNc1cc(OCCC2CC2)nc(C(C)C)n1. The fraction of sp³-hybridized carbons (Fsp3) is 0.733. The highest BCUT2D eigenvalue weighted by molar-refractivity contribution is 5.38. The minimum absolute atomic E-state index is 0.314. The molecule has 0 spiro atoms. The van der Waals surface area contributed by atoms with Gasteiger partial charge in [-0.1, -0.05) is 33.6 Å². The number of ether oxygens (including phenoxy) is 1. The lowest BCUT2D eigenvalue weighted by molar-refractivity contribution is 0.289. The molecule has 0 bridgehead atoms. The molecule has 0 saturated heterocycles. The molecule has 1 heterocycles. The largest absolute Gasteiger partial charge is 0.478 e. The van der Waals surface area contributed by atoms with Gasteiger partial charge in [0.2, 0.25) is 5.88 Å². The van der Waals surface area contributed by atoms with Crippen LogP contribution in [0.3, 0.4) is 0 Å². The maximum atomic E-state index is 5.78. The van der Waals surface area contributed by atoms with Crippen molar-refractivity contribution in [2.75, 3.05) is 18.5 Å². The van der Waals surface area contributed by atoms with Crippen molar-refractivity contribution in [2.24, 2.45) is 5.92 Å².